The van der Waals surface area contributed by atoms with Gasteiger partial charge in [-0.3, -0.25) is 9.48 Å². The maximum Gasteiger partial charge on any atom is 0.256 e. The van der Waals surface area contributed by atoms with Crippen molar-refractivity contribution in [3.63, 3.8) is 0 Å². The van der Waals surface area contributed by atoms with Crippen molar-refractivity contribution < 1.29 is 18.7 Å². The minimum Gasteiger partial charge on any atom is -0.497 e. The number of anilines is 1. The van der Waals surface area contributed by atoms with Crippen LogP contribution < -0.4 is 14.8 Å². The number of methoxy groups -OCH3 is 1. The number of nitrogens with zero attached hydrogens (tertiary/aromatic N) is 2. The average Bonchev–Trinajstić information content (AvgIpc) is 3.18. The van der Waals surface area contributed by atoms with Crippen LogP contribution in [0.3, 0.4) is 0 Å². The fourth-order valence-corrected chi connectivity index (χ4v) is 3.30. The maximum absolute atomic E-state index is 13.9. The van der Waals surface area contributed by atoms with Crippen molar-refractivity contribution in [1.29, 1.82) is 0 Å². The Kier molecular flexibility index (Phi) is 6.69. The SMILES string of the molecule is COc1ccc(OCc2ccc(C(=O)Nc3cc(C)n(Cc4ccccc4F)n3)cc2)cc1. The van der Waals surface area contributed by atoms with E-state index in [0.717, 1.165) is 22.8 Å². The number of rotatable bonds is 8. The lowest BCUT2D eigenvalue weighted by Crippen LogP contribution is -2.13. The molecule has 0 fully saturated rings. The number of ether oxygens (including phenoxy) is 2. The van der Waals surface area contributed by atoms with Crippen molar-refractivity contribution in [2.24, 2.45) is 0 Å². The molecule has 0 spiro atoms. The van der Waals surface area contributed by atoms with Crippen LogP contribution in [0.2, 0.25) is 0 Å². The van der Waals surface area contributed by atoms with E-state index in [1.54, 1.807) is 48.2 Å². The normalized spacial score (nSPS) is 10.6. The highest BCUT2D eigenvalue weighted by atomic mass is 19.1. The van der Waals surface area contributed by atoms with Crippen molar-refractivity contribution in [3.05, 3.63) is 107 Å². The highest BCUT2D eigenvalue weighted by Gasteiger charge is 2.12. The summed E-state index contributed by atoms with van der Waals surface area (Å²) >= 11 is 0. The summed E-state index contributed by atoms with van der Waals surface area (Å²) in [6.45, 7) is 2.53. The molecule has 0 saturated carbocycles. The van der Waals surface area contributed by atoms with E-state index in [4.69, 9.17) is 9.47 Å². The summed E-state index contributed by atoms with van der Waals surface area (Å²) in [5.74, 6) is 1.37. The van der Waals surface area contributed by atoms with Crippen LogP contribution in [0.1, 0.15) is 27.2 Å². The standard InChI is InChI=1S/C26H24FN3O3/c1-18-15-25(29-30(18)16-21-5-3-4-6-24(21)27)28-26(31)20-9-7-19(8-10-20)17-33-23-13-11-22(32-2)12-14-23/h3-15H,16-17H2,1-2H3,(H,28,29,31). The molecule has 1 aromatic heterocycles. The zero-order chi connectivity index (χ0) is 23.2. The second-order valence-corrected chi connectivity index (χ2v) is 7.54. The van der Waals surface area contributed by atoms with Gasteiger partial charge >= 0.3 is 0 Å². The number of nitrogens with one attached hydrogen (secondary N) is 1. The van der Waals surface area contributed by atoms with Gasteiger partial charge in [-0.2, -0.15) is 5.10 Å². The third-order valence-electron chi connectivity index (χ3n) is 5.18. The molecule has 6 nitrogen and oxygen atoms in total. The number of carbonyl (C=O) groups is 1. The van der Waals surface area contributed by atoms with E-state index >= 15 is 0 Å². The minimum absolute atomic E-state index is 0.270. The van der Waals surface area contributed by atoms with E-state index in [1.807, 2.05) is 43.3 Å². The molecule has 1 amide bonds. The zero-order valence-electron chi connectivity index (χ0n) is 18.4. The monoisotopic (exact) mass is 445 g/mol. The molecular formula is C26H24FN3O3. The first kappa shape index (κ1) is 22.1. The van der Waals surface area contributed by atoms with Gasteiger partial charge in [0.25, 0.3) is 5.91 Å². The van der Waals surface area contributed by atoms with Gasteiger partial charge in [0.2, 0.25) is 0 Å². The van der Waals surface area contributed by atoms with Crippen molar-refractivity contribution >= 4 is 11.7 Å². The van der Waals surface area contributed by atoms with Crippen LogP contribution in [-0.4, -0.2) is 22.8 Å². The van der Waals surface area contributed by atoms with E-state index < -0.39 is 0 Å². The van der Waals surface area contributed by atoms with E-state index in [2.05, 4.69) is 10.4 Å². The van der Waals surface area contributed by atoms with Crippen LogP contribution in [0, 0.1) is 12.7 Å². The summed E-state index contributed by atoms with van der Waals surface area (Å²) in [6.07, 6.45) is 0. The average molecular weight is 445 g/mol. The van der Waals surface area contributed by atoms with Gasteiger partial charge in [-0.25, -0.2) is 4.39 Å². The molecule has 33 heavy (non-hydrogen) atoms. The molecule has 0 saturated heterocycles. The second kappa shape index (κ2) is 9.99. The lowest BCUT2D eigenvalue weighted by molar-refractivity contribution is 0.102. The molecule has 0 aliphatic heterocycles. The minimum atomic E-state index is -0.283. The molecule has 0 aliphatic carbocycles. The van der Waals surface area contributed by atoms with Gasteiger partial charge in [0.05, 0.1) is 13.7 Å². The Morgan fingerprint density at radius 3 is 2.39 bits per heavy atom. The Balaban J connectivity index is 1.35. The van der Waals surface area contributed by atoms with E-state index in [0.29, 0.717) is 23.6 Å². The molecule has 3 aromatic carbocycles. The first-order valence-electron chi connectivity index (χ1n) is 10.5. The molecule has 1 heterocycles. The third-order valence-corrected chi connectivity index (χ3v) is 5.18. The van der Waals surface area contributed by atoms with Gasteiger partial charge in [0.15, 0.2) is 5.82 Å². The van der Waals surface area contributed by atoms with Crippen LogP contribution in [0.4, 0.5) is 10.2 Å². The molecule has 4 rings (SSSR count). The third kappa shape index (κ3) is 5.57. The van der Waals surface area contributed by atoms with Gasteiger partial charge in [-0.05, 0) is 55.0 Å². The Hall–Kier alpha value is -4.13. The van der Waals surface area contributed by atoms with Gasteiger partial charge < -0.3 is 14.8 Å². The molecule has 0 radical (unpaired) electrons. The Morgan fingerprint density at radius 1 is 1.00 bits per heavy atom. The molecule has 1 N–H and O–H groups in total. The number of halogens is 1. The molecule has 0 bridgehead atoms. The van der Waals surface area contributed by atoms with Crippen LogP contribution in [0.25, 0.3) is 0 Å². The maximum atomic E-state index is 13.9. The summed E-state index contributed by atoms with van der Waals surface area (Å²) < 4.78 is 26.5. The highest BCUT2D eigenvalue weighted by molar-refractivity contribution is 6.03. The van der Waals surface area contributed by atoms with E-state index in [-0.39, 0.29) is 18.3 Å². The Bertz CT molecular complexity index is 1230. The molecule has 4 aromatic rings. The van der Waals surface area contributed by atoms with Gasteiger partial charge in [0.1, 0.15) is 23.9 Å². The number of hydrogen-bond acceptors (Lipinski definition) is 4. The fraction of sp³-hybridized carbons (Fsp3) is 0.154. The van der Waals surface area contributed by atoms with Gasteiger partial charge in [0, 0.05) is 22.9 Å². The van der Waals surface area contributed by atoms with Gasteiger partial charge in [-0.1, -0.05) is 30.3 Å². The van der Waals surface area contributed by atoms with E-state index in [1.165, 1.54) is 6.07 Å². The van der Waals surface area contributed by atoms with Crippen molar-refractivity contribution in [2.75, 3.05) is 12.4 Å². The predicted molar refractivity (Wildman–Crippen MR) is 124 cm³/mol. The number of aryl methyl sites for hydroxylation is 1. The number of hydrogen-bond donors (Lipinski definition) is 1. The van der Waals surface area contributed by atoms with Crippen molar-refractivity contribution in [2.45, 2.75) is 20.1 Å². The smallest absolute Gasteiger partial charge is 0.256 e. The van der Waals surface area contributed by atoms with Crippen LogP contribution in [0.15, 0.2) is 78.9 Å². The zero-order valence-corrected chi connectivity index (χ0v) is 18.4. The topological polar surface area (TPSA) is 65.4 Å². The van der Waals surface area contributed by atoms with Gasteiger partial charge in [-0.15, -0.1) is 0 Å². The first-order valence-corrected chi connectivity index (χ1v) is 10.5. The molecule has 0 aliphatic rings. The molecule has 0 atom stereocenters. The van der Waals surface area contributed by atoms with Crippen LogP contribution >= 0.6 is 0 Å². The fourth-order valence-electron chi connectivity index (χ4n) is 3.30. The van der Waals surface area contributed by atoms with Crippen molar-refractivity contribution in [3.8, 4) is 11.5 Å². The molecule has 168 valence electrons. The summed E-state index contributed by atoms with van der Waals surface area (Å²) in [5.41, 5.74) is 2.80. The second-order valence-electron chi connectivity index (χ2n) is 7.54. The summed E-state index contributed by atoms with van der Waals surface area (Å²) in [5, 5.41) is 7.19. The first-order chi connectivity index (χ1) is 16.0. The Labute approximate surface area is 191 Å². The number of aromatic nitrogens is 2. The van der Waals surface area contributed by atoms with Crippen LogP contribution in [-0.2, 0) is 13.2 Å². The quantitative estimate of drug-likeness (QED) is 0.404. The lowest BCUT2D eigenvalue weighted by atomic mass is 10.1. The molecular weight excluding hydrogens is 421 g/mol. The van der Waals surface area contributed by atoms with Crippen LogP contribution in [0.5, 0.6) is 11.5 Å². The number of carbonyl (C=O) groups excluding carboxylic acids is 1. The highest BCUT2D eigenvalue weighted by Crippen LogP contribution is 2.19. The Morgan fingerprint density at radius 2 is 1.70 bits per heavy atom. The summed E-state index contributed by atoms with van der Waals surface area (Å²) in [7, 11) is 1.62. The number of benzene rings is 3. The van der Waals surface area contributed by atoms with E-state index in [9.17, 15) is 9.18 Å². The molecule has 0 unspecified atom stereocenters. The lowest BCUT2D eigenvalue weighted by Gasteiger charge is -2.08. The molecule has 7 heteroatoms. The predicted octanol–water partition coefficient (Wildman–Crippen LogP) is 5.22. The summed E-state index contributed by atoms with van der Waals surface area (Å²) in [4.78, 5) is 12.6. The largest absolute Gasteiger partial charge is 0.497 e. The van der Waals surface area contributed by atoms with Crippen molar-refractivity contribution in [1.82, 2.24) is 9.78 Å². The number of amides is 1. The summed E-state index contributed by atoms with van der Waals surface area (Å²) in [6, 6.07) is 22.9.